The van der Waals surface area contributed by atoms with E-state index in [9.17, 15) is 18.8 Å². The van der Waals surface area contributed by atoms with Crippen molar-refractivity contribution < 1.29 is 28.2 Å². The molecule has 9 heteroatoms. The number of nitrogens with zero attached hydrogens (tertiary/aromatic N) is 1. The van der Waals surface area contributed by atoms with Gasteiger partial charge in [-0.2, -0.15) is 0 Å². The van der Waals surface area contributed by atoms with E-state index in [4.69, 9.17) is 9.47 Å². The molecule has 1 heterocycles. The molecule has 2 aromatic carbocycles. The molecular weight excluding hydrogens is 429 g/mol. The summed E-state index contributed by atoms with van der Waals surface area (Å²) in [5.74, 6) is -0.771. The smallest absolute Gasteiger partial charge is 0.269 e. The summed E-state index contributed by atoms with van der Waals surface area (Å²) in [4.78, 5) is 38.6. The maximum absolute atomic E-state index is 13.0. The number of rotatable bonds is 8. The monoisotopic (exact) mass is 457 g/mol. The molecule has 176 valence electrons. The Morgan fingerprint density at radius 1 is 0.939 bits per heavy atom. The van der Waals surface area contributed by atoms with Gasteiger partial charge in [-0.25, -0.2) is 4.39 Å². The number of halogens is 1. The fraction of sp³-hybridized carbons (Fsp3) is 0.375. The zero-order chi connectivity index (χ0) is 23.6. The largest absolute Gasteiger partial charge is 0.490 e. The van der Waals surface area contributed by atoms with Gasteiger partial charge in [0.25, 0.3) is 11.8 Å². The highest BCUT2D eigenvalue weighted by molar-refractivity contribution is 5.96. The average Bonchev–Trinajstić information content (AvgIpc) is 2.83. The standard InChI is InChI=1S/C24H28FN3O5/c1-2-32-21-15-18(8-11-20(21)33-16-23(30)28-12-4-3-5-13-28)24(31)27-26-22(29)14-17-6-9-19(25)10-7-17/h6-11,15H,2-5,12-14,16H2,1H3,(H,26,29)(H,27,31). The van der Waals surface area contributed by atoms with Crippen LogP contribution < -0.4 is 20.3 Å². The zero-order valence-electron chi connectivity index (χ0n) is 18.6. The molecule has 33 heavy (non-hydrogen) atoms. The summed E-state index contributed by atoms with van der Waals surface area (Å²) in [5, 5.41) is 0. The van der Waals surface area contributed by atoms with Crippen LogP contribution in [-0.2, 0) is 16.0 Å². The molecule has 3 rings (SSSR count). The maximum Gasteiger partial charge on any atom is 0.269 e. The molecule has 1 aliphatic rings. The van der Waals surface area contributed by atoms with Crippen LogP contribution in [0.5, 0.6) is 11.5 Å². The van der Waals surface area contributed by atoms with Crippen molar-refractivity contribution in [1.29, 1.82) is 0 Å². The lowest BCUT2D eigenvalue weighted by Gasteiger charge is -2.26. The first-order valence-corrected chi connectivity index (χ1v) is 11.0. The van der Waals surface area contributed by atoms with Crippen molar-refractivity contribution in [2.24, 2.45) is 0 Å². The molecule has 1 aliphatic heterocycles. The van der Waals surface area contributed by atoms with Crippen molar-refractivity contribution >= 4 is 17.7 Å². The van der Waals surface area contributed by atoms with Gasteiger partial charge in [-0.05, 0) is 62.1 Å². The van der Waals surface area contributed by atoms with Gasteiger partial charge in [0.15, 0.2) is 18.1 Å². The van der Waals surface area contributed by atoms with Gasteiger partial charge in [0, 0.05) is 18.7 Å². The molecule has 8 nitrogen and oxygen atoms in total. The van der Waals surface area contributed by atoms with Crippen LogP contribution in [0.2, 0.25) is 0 Å². The highest BCUT2D eigenvalue weighted by atomic mass is 19.1. The lowest BCUT2D eigenvalue weighted by atomic mass is 10.1. The summed E-state index contributed by atoms with van der Waals surface area (Å²) < 4.78 is 24.2. The molecule has 3 amide bonds. The van der Waals surface area contributed by atoms with Crippen molar-refractivity contribution in [2.45, 2.75) is 32.6 Å². The number of piperidine rings is 1. The summed E-state index contributed by atoms with van der Waals surface area (Å²) in [6.07, 6.45) is 3.12. The quantitative estimate of drug-likeness (QED) is 0.594. The molecule has 1 saturated heterocycles. The summed E-state index contributed by atoms with van der Waals surface area (Å²) >= 11 is 0. The van der Waals surface area contributed by atoms with E-state index < -0.39 is 11.8 Å². The minimum absolute atomic E-state index is 0.0113. The van der Waals surface area contributed by atoms with Crippen molar-refractivity contribution in [3.63, 3.8) is 0 Å². The number of hydrogen-bond donors (Lipinski definition) is 2. The molecule has 2 aromatic rings. The highest BCUT2D eigenvalue weighted by Gasteiger charge is 2.18. The Labute approximate surface area is 192 Å². The second kappa shape index (κ2) is 11.8. The van der Waals surface area contributed by atoms with E-state index in [-0.39, 0.29) is 30.3 Å². The molecule has 0 atom stereocenters. The van der Waals surface area contributed by atoms with Crippen molar-refractivity contribution in [3.8, 4) is 11.5 Å². The van der Waals surface area contributed by atoms with E-state index in [1.165, 1.54) is 36.4 Å². The Morgan fingerprint density at radius 2 is 1.67 bits per heavy atom. The SMILES string of the molecule is CCOc1cc(C(=O)NNC(=O)Cc2ccc(F)cc2)ccc1OCC(=O)N1CCCCC1. The van der Waals surface area contributed by atoms with Gasteiger partial charge >= 0.3 is 0 Å². The Bertz CT molecular complexity index is 975. The third-order valence-corrected chi connectivity index (χ3v) is 5.16. The molecule has 2 N–H and O–H groups in total. The molecule has 1 fully saturated rings. The first-order valence-electron chi connectivity index (χ1n) is 11.0. The van der Waals surface area contributed by atoms with Crippen LogP contribution in [0.15, 0.2) is 42.5 Å². The van der Waals surface area contributed by atoms with E-state index in [0.717, 1.165) is 32.4 Å². The number of carbonyl (C=O) groups is 3. The first kappa shape index (κ1) is 24.0. The zero-order valence-corrected chi connectivity index (χ0v) is 18.6. The van der Waals surface area contributed by atoms with Gasteiger partial charge in [0.2, 0.25) is 5.91 Å². The third-order valence-electron chi connectivity index (χ3n) is 5.16. The van der Waals surface area contributed by atoms with Gasteiger partial charge < -0.3 is 14.4 Å². The highest BCUT2D eigenvalue weighted by Crippen LogP contribution is 2.28. The Kier molecular flexibility index (Phi) is 8.63. The lowest BCUT2D eigenvalue weighted by Crippen LogP contribution is -2.42. The van der Waals surface area contributed by atoms with Crippen molar-refractivity contribution in [2.75, 3.05) is 26.3 Å². The predicted molar refractivity (Wildman–Crippen MR) is 119 cm³/mol. The normalized spacial score (nSPS) is 13.2. The van der Waals surface area contributed by atoms with Crippen molar-refractivity contribution in [3.05, 3.63) is 59.4 Å². The molecular formula is C24H28FN3O5. The van der Waals surface area contributed by atoms with E-state index in [2.05, 4.69) is 10.9 Å². The number of likely N-dealkylation sites (tertiary alicyclic amines) is 1. The summed E-state index contributed by atoms with van der Waals surface area (Å²) in [6.45, 7) is 3.52. The van der Waals surface area contributed by atoms with Crippen LogP contribution in [0.25, 0.3) is 0 Å². The number of hydrazine groups is 1. The van der Waals surface area contributed by atoms with Gasteiger partial charge in [0.05, 0.1) is 13.0 Å². The van der Waals surface area contributed by atoms with Crippen LogP contribution in [-0.4, -0.2) is 48.9 Å². The molecule has 0 radical (unpaired) electrons. The lowest BCUT2D eigenvalue weighted by molar-refractivity contribution is -0.134. The Hall–Kier alpha value is -3.62. The molecule has 0 aliphatic carbocycles. The van der Waals surface area contributed by atoms with Crippen LogP contribution in [0.4, 0.5) is 4.39 Å². The molecule has 0 aromatic heterocycles. The number of carbonyl (C=O) groups excluding carboxylic acids is 3. The van der Waals surface area contributed by atoms with Gasteiger partial charge in [-0.3, -0.25) is 25.2 Å². The fourth-order valence-electron chi connectivity index (χ4n) is 3.44. The summed E-state index contributed by atoms with van der Waals surface area (Å²) in [5.41, 5.74) is 5.53. The predicted octanol–water partition coefficient (Wildman–Crippen LogP) is 2.62. The number of hydrogen-bond acceptors (Lipinski definition) is 5. The Morgan fingerprint density at radius 3 is 2.36 bits per heavy atom. The minimum Gasteiger partial charge on any atom is -0.490 e. The summed E-state index contributed by atoms with van der Waals surface area (Å²) in [6, 6.07) is 10.1. The molecule has 0 bridgehead atoms. The number of benzene rings is 2. The third kappa shape index (κ3) is 7.20. The molecule has 0 unspecified atom stereocenters. The van der Waals surface area contributed by atoms with E-state index in [1.807, 2.05) is 0 Å². The minimum atomic E-state index is -0.542. The second-order valence-electron chi connectivity index (χ2n) is 7.63. The van der Waals surface area contributed by atoms with Gasteiger partial charge in [-0.15, -0.1) is 0 Å². The second-order valence-corrected chi connectivity index (χ2v) is 7.63. The maximum atomic E-state index is 13.0. The van der Waals surface area contributed by atoms with Crippen molar-refractivity contribution in [1.82, 2.24) is 15.8 Å². The van der Waals surface area contributed by atoms with E-state index in [1.54, 1.807) is 17.9 Å². The summed E-state index contributed by atoms with van der Waals surface area (Å²) in [7, 11) is 0. The number of amides is 3. The van der Waals surface area contributed by atoms with Crippen LogP contribution in [0.3, 0.4) is 0 Å². The van der Waals surface area contributed by atoms with Gasteiger partial charge in [0.1, 0.15) is 5.82 Å². The fourth-order valence-corrected chi connectivity index (χ4v) is 3.44. The Balaban J connectivity index is 1.55. The van der Waals surface area contributed by atoms with Gasteiger partial charge in [-0.1, -0.05) is 12.1 Å². The molecule has 0 saturated carbocycles. The number of nitrogens with one attached hydrogen (secondary N) is 2. The van der Waals surface area contributed by atoms with Crippen LogP contribution in [0.1, 0.15) is 42.1 Å². The first-order chi connectivity index (χ1) is 16.0. The topological polar surface area (TPSA) is 97.0 Å². The molecule has 0 spiro atoms. The number of ether oxygens (including phenoxy) is 2. The van der Waals surface area contributed by atoms with Crippen LogP contribution >= 0.6 is 0 Å². The van der Waals surface area contributed by atoms with E-state index >= 15 is 0 Å². The van der Waals surface area contributed by atoms with Crippen LogP contribution in [0, 0.1) is 5.82 Å². The average molecular weight is 458 g/mol. The van der Waals surface area contributed by atoms with E-state index in [0.29, 0.717) is 23.7 Å².